The highest BCUT2D eigenvalue weighted by atomic mass is 35.5. The molecule has 1 fully saturated rings. The Hall–Kier alpha value is -4.58. The fourth-order valence-electron chi connectivity index (χ4n) is 4.33. The number of anilines is 5. The molecule has 222 valence electrons. The van der Waals surface area contributed by atoms with Crippen LogP contribution < -0.4 is 30.2 Å². The number of carbonyl (C=O) groups is 1. The Morgan fingerprint density at radius 1 is 1.02 bits per heavy atom. The van der Waals surface area contributed by atoms with E-state index in [9.17, 15) is 4.79 Å². The molecule has 1 aliphatic heterocycles. The summed E-state index contributed by atoms with van der Waals surface area (Å²) in [4.78, 5) is 25.5. The van der Waals surface area contributed by atoms with E-state index in [1.165, 1.54) is 26.6 Å². The van der Waals surface area contributed by atoms with Gasteiger partial charge in [0.05, 0.1) is 50.2 Å². The second kappa shape index (κ2) is 13.6. The summed E-state index contributed by atoms with van der Waals surface area (Å²) < 4.78 is 22.2. The zero-order valence-corrected chi connectivity index (χ0v) is 24.8. The summed E-state index contributed by atoms with van der Waals surface area (Å²) >= 11 is 13.2. The molecule has 5 rings (SSSR count). The number of aromatic nitrogens is 3. The Balaban J connectivity index is 1.45. The van der Waals surface area contributed by atoms with Gasteiger partial charge in [0.2, 0.25) is 5.91 Å². The second-order valence-corrected chi connectivity index (χ2v) is 9.98. The van der Waals surface area contributed by atoms with Gasteiger partial charge in [-0.2, -0.15) is 0 Å². The first kappa shape index (κ1) is 29.9. The molecule has 0 bridgehead atoms. The van der Waals surface area contributed by atoms with Crippen molar-refractivity contribution in [3.8, 4) is 28.5 Å². The van der Waals surface area contributed by atoms with Gasteiger partial charge in [0.15, 0.2) is 0 Å². The SMILES string of the molecule is C=CC(=O)Nc1cc(OC2CCOC2)ccc1Nc1cc(-c2cccnc2Nc2c(Cl)c(OC)cc(OC)c2Cl)ncn1. The summed E-state index contributed by atoms with van der Waals surface area (Å²) in [6.07, 6.45) is 4.99. The highest BCUT2D eigenvalue weighted by molar-refractivity contribution is 6.41. The van der Waals surface area contributed by atoms with E-state index in [2.05, 4.69) is 37.5 Å². The molecule has 3 N–H and O–H groups in total. The van der Waals surface area contributed by atoms with Gasteiger partial charge in [-0.3, -0.25) is 4.79 Å². The Morgan fingerprint density at radius 2 is 1.81 bits per heavy atom. The zero-order chi connectivity index (χ0) is 30.3. The lowest BCUT2D eigenvalue weighted by Gasteiger charge is -2.18. The van der Waals surface area contributed by atoms with Crippen LogP contribution in [-0.4, -0.2) is 54.4 Å². The van der Waals surface area contributed by atoms with E-state index in [0.29, 0.717) is 70.4 Å². The lowest BCUT2D eigenvalue weighted by atomic mass is 10.1. The number of methoxy groups -OCH3 is 2. The second-order valence-electron chi connectivity index (χ2n) is 9.23. The Kier molecular flexibility index (Phi) is 9.45. The zero-order valence-electron chi connectivity index (χ0n) is 23.3. The van der Waals surface area contributed by atoms with Gasteiger partial charge >= 0.3 is 0 Å². The average molecular weight is 623 g/mol. The van der Waals surface area contributed by atoms with Gasteiger partial charge in [-0.25, -0.2) is 15.0 Å². The van der Waals surface area contributed by atoms with E-state index < -0.39 is 0 Å². The molecule has 0 spiro atoms. The molecule has 43 heavy (non-hydrogen) atoms. The Morgan fingerprint density at radius 3 is 2.51 bits per heavy atom. The van der Waals surface area contributed by atoms with Crippen molar-refractivity contribution in [3.05, 3.63) is 77.7 Å². The van der Waals surface area contributed by atoms with Gasteiger partial charge in [-0.05, 0) is 30.3 Å². The van der Waals surface area contributed by atoms with Gasteiger partial charge in [-0.1, -0.05) is 29.8 Å². The van der Waals surface area contributed by atoms with Crippen molar-refractivity contribution in [2.45, 2.75) is 12.5 Å². The lowest BCUT2D eigenvalue weighted by Crippen LogP contribution is -2.16. The first-order valence-corrected chi connectivity index (χ1v) is 13.9. The minimum Gasteiger partial charge on any atom is -0.495 e. The van der Waals surface area contributed by atoms with Crippen molar-refractivity contribution in [2.75, 3.05) is 43.4 Å². The highest BCUT2D eigenvalue weighted by Gasteiger charge is 2.21. The summed E-state index contributed by atoms with van der Waals surface area (Å²) in [6.45, 7) is 4.72. The van der Waals surface area contributed by atoms with Crippen LogP contribution in [0.3, 0.4) is 0 Å². The van der Waals surface area contributed by atoms with Crippen LogP contribution >= 0.6 is 23.2 Å². The van der Waals surface area contributed by atoms with Gasteiger partial charge in [0, 0.05) is 36.4 Å². The number of pyridine rings is 1. The highest BCUT2D eigenvalue weighted by Crippen LogP contribution is 2.46. The molecule has 2 aromatic carbocycles. The summed E-state index contributed by atoms with van der Waals surface area (Å²) in [5.41, 5.74) is 2.63. The van der Waals surface area contributed by atoms with Gasteiger partial charge in [-0.15, -0.1) is 0 Å². The topological polar surface area (TPSA) is 129 Å². The normalized spacial score (nSPS) is 14.1. The molecule has 0 saturated carbocycles. The summed E-state index contributed by atoms with van der Waals surface area (Å²) in [7, 11) is 3.00. The van der Waals surface area contributed by atoms with Gasteiger partial charge in [0.25, 0.3) is 0 Å². The molecule has 11 nitrogen and oxygen atoms in total. The average Bonchev–Trinajstić information content (AvgIpc) is 3.54. The first-order chi connectivity index (χ1) is 20.9. The Labute approximate surface area is 258 Å². The number of hydrogen-bond donors (Lipinski definition) is 3. The number of rotatable bonds is 11. The lowest BCUT2D eigenvalue weighted by molar-refractivity contribution is -0.111. The number of hydrogen-bond acceptors (Lipinski definition) is 10. The number of nitrogens with zero attached hydrogens (tertiary/aromatic N) is 3. The van der Waals surface area contributed by atoms with Crippen LogP contribution in [-0.2, 0) is 9.53 Å². The van der Waals surface area contributed by atoms with Crippen LogP contribution in [0.15, 0.2) is 67.6 Å². The largest absolute Gasteiger partial charge is 0.495 e. The molecular formula is C30H28Cl2N6O5. The van der Waals surface area contributed by atoms with E-state index in [4.69, 9.17) is 42.1 Å². The van der Waals surface area contributed by atoms with E-state index >= 15 is 0 Å². The fraction of sp³-hybridized carbons (Fsp3) is 0.200. The number of amides is 1. The third-order valence-electron chi connectivity index (χ3n) is 6.46. The summed E-state index contributed by atoms with van der Waals surface area (Å²) in [5.74, 6) is 1.88. The van der Waals surface area contributed by atoms with Crippen molar-refractivity contribution in [2.24, 2.45) is 0 Å². The standard InChI is InChI=1S/C30H28Cl2N6O5/c1-4-26(39)37-22-12-17(43-18-9-11-42-15-18)7-8-20(22)36-25-13-21(34-16-35-25)19-6-5-10-33-30(19)38-29-27(31)23(40-2)14-24(41-3)28(29)32/h4-8,10,12-14,16,18H,1,9,11,15H2,2-3H3,(H,33,38)(H,37,39)(H,34,35,36). The minimum absolute atomic E-state index is 0.0451. The third kappa shape index (κ3) is 6.91. The smallest absolute Gasteiger partial charge is 0.247 e. The molecule has 1 aliphatic rings. The maximum absolute atomic E-state index is 12.2. The number of carbonyl (C=O) groups excluding carboxylic acids is 1. The molecule has 0 aliphatic carbocycles. The van der Waals surface area contributed by atoms with Gasteiger partial charge < -0.3 is 34.9 Å². The molecule has 1 amide bonds. The van der Waals surface area contributed by atoms with Crippen molar-refractivity contribution in [1.82, 2.24) is 15.0 Å². The van der Waals surface area contributed by atoms with Crippen LogP contribution in [0.1, 0.15) is 6.42 Å². The monoisotopic (exact) mass is 622 g/mol. The van der Waals surface area contributed by atoms with E-state index in [0.717, 1.165) is 6.42 Å². The molecule has 13 heteroatoms. The van der Waals surface area contributed by atoms with Gasteiger partial charge in [0.1, 0.15) is 51.4 Å². The van der Waals surface area contributed by atoms with Crippen LogP contribution in [0.25, 0.3) is 11.3 Å². The fourth-order valence-corrected chi connectivity index (χ4v) is 4.92. The molecule has 3 heterocycles. The van der Waals surface area contributed by atoms with Crippen LogP contribution in [0, 0.1) is 0 Å². The maximum atomic E-state index is 12.2. The molecule has 4 aromatic rings. The number of nitrogens with one attached hydrogen (secondary N) is 3. The molecular weight excluding hydrogens is 595 g/mol. The Bertz CT molecular complexity index is 1620. The third-order valence-corrected chi connectivity index (χ3v) is 7.21. The number of ether oxygens (including phenoxy) is 4. The van der Waals surface area contributed by atoms with Crippen LogP contribution in [0.2, 0.25) is 10.0 Å². The molecule has 1 unspecified atom stereocenters. The van der Waals surface area contributed by atoms with E-state index in [1.54, 1.807) is 36.5 Å². The van der Waals surface area contributed by atoms with Crippen molar-refractivity contribution in [3.63, 3.8) is 0 Å². The maximum Gasteiger partial charge on any atom is 0.247 e. The van der Waals surface area contributed by atoms with Crippen molar-refractivity contribution < 1.29 is 23.7 Å². The summed E-state index contributed by atoms with van der Waals surface area (Å²) in [6, 6.07) is 12.3. The van der Waals surface area contributed by atoms with Crippen molar-refractivity contribution in [1.29, 1.82) is 0 Å². The molecule has 1 saturated heterocycles. The molecule has 2 aromatic heterocycles. The number of halogens is 2. The molecule has 0 radical (unpaired) electrons. The van der Waals surface area contributed by atoms with Crippen LogP contribution in [0.4, 0.5) is 28.7 Å². The van der Waals surface area contributed by atoms with Crippen molar-refractivity contribution >= 4 is 57.8 Å². The quantitative estimate of drug-likeness (QED) is 0.156. The summed E-state index contributed by atoms with van der Waals surface area (Å²) in [5, 5.41) is 9.80. The minimum atomic E-state index is -0.370. The van der Waals surface area contributed by atoms with Crippen LogP contribution in [0.5, 0.6) is 17.2 Å². The predicted octanol–water partition coefficient (Wildman–Crippen LogP) is 6.64. The predicted molar refractivity (Wildman–Crippen MR) is 167 cm³/mol. The van der Waals surface area contributed by atoms with E-state index in [1.807, 2.05) is 12.1 Å². The van der Waals surface area contributed by atoms with E-state index in [-0.39, 0.29) is 22.1 Å². The number of benzene rings is 2. The molecule has 1 atom stereocenters. The first-order valence-electron chi connectivity index (χ1n) is 13.1.